The van der Waals surface area contributed by atoms with E-state index in [0.29, 0.717) is 0 Å². The van der Waals surface area contributed by atoms with Crippen molar-refractivity contribution >= 4 is 5.57 Å². The molecule has 0 N–H and O–H groups in total. The van der Waals surface area contributed by atoms with Crippen LogP contribution in [0.4, 0.5) is 0 Å². The molecule has 0 aliphatic carbocycles. The van der Waals surface area contributed by atoms with E-state index in [1.165, 1.54) is 27.8 Å². The van der Waals surface area contributed by atoms with E-state index in [9.17, 15) is 0 Å². The van der Waals surface area contributed by atoms with E-state index in [2.05, 4.69) is 75.4 Å². The summed E-state index contributed by atoms with van der Waals surface area (Å²) in [4.78, 5) is 0. The second kappa shape index (κ2) is 5.68. The number of rotatable bonds is 3. The van der Waals surface area contributed by atoms with Crippen LogP contribution in [-0.2, 0) is 0 Å². The molecule has 0 saturated carbocycles. The molecule has 0 saturated heterocycles. The predicted octanol–water partition coefficient (Wildman–Crippen LogP) is 5.15. The van der Waals surface area contributed by atoms with Crippen molar-refractivity contribution in [1.29, 1.82) is 0 Å². The Labute approximate surface area is 110 Å². The van der Waals surface area contributed by atoms with E-state index in [0.717, 1.165) is 6.42 Å². The summed E-state index contributed by atoms with van der Waals surface area (Å²) in [6, 6.07) is 17.2. The molecule has 0 nitrogen and oxygen atoms in total. The van der Waals surface area contributed by atoms with Crippen LogP contribution in [0.5, 0.6) is 0 Å². The van der Waals surface area contributed by atoms with Gasteiger partial charge in [0.1, 0.15) is 0 Å². The van der Waals surface area contributed by atoms with E-state index < -0.39 is 0 Å². The third kappa shape index (κ3) is 2.53. The van der Waals surface area contributed by atoms with E-state index in [-0.39, 0.29) is 0 Å². The molecule has 92 valence electrons. The van der Waals surface area contributed by atoms with Crippen LogP contribution in [0.2, 0.25) is 0 Å². The summed E-state index contributed by atoms with van der Waals surface area (Å²) in [7, 11) is 0. The van der Waals surface area contributed by atoms with Crippen molar-refractivity contribution in [2.24, 2.45) is 0 Å². The molecular formula is C18H20. The zero-order valence-corrected chi connectivity index (χ0v) is 11.4. The normalized spacial score (nSPS) is 10.2. The van der Waals surface area contributed by atoms with Gasteiger partial charge >= 0.3 is 0 Å². The number of hydrogen-bond donors (Lipinski definition) is 0. The van der Waals surface area contributed by atoms with E-state index in [1.54, 1.807) is 0 Å². The first-order valence-corrected chi connectivity index (χ1v) is 6.56. The van der Waals surface area contributed by atoms with Crippen molar-refractivity contribution in [1.82, 2.24) is 0 Å². The Morgan fingerprint density at radius 1 is 0.833 bits per heavy atom. The largest absolute Gasteiger partial charge is 0.0763 e. The van der Waals surface area contributed by atoms with Gasteiger partial charge in [-0.05, 0) is 48.1 Å². The summed E-state index contributed by atoms with van der Waals surface area (Å²) < 4.78 is 0. The van der Waals surface area contributed by atoms with Gasteiger partial charge in [0, 0.05) is 0 Å². The molecule has 0 spiro atoms. The SMILES string of the molecule is CCC=C(c1ccccc1C)c1ccccc1C. The second-order valence-corrected chi connectivity index (χ2v) is 4.66. The van der Waals surface area contributed by atoms with E-state index >= 15 is 0 Å². The monoisotopic (exact) mass is 236 g/mol. The maximum absolute atomic E-state index is 2.32. The molecule has 0 atom stereocenters. The van der Waals surface area contributed by atoms with E-state index in [1.807, 2.05) is 0 Å². The zero-order chi connectivity index (χ0) is 13.0. The maximum atomic E-state index is 2.32. The van der Waals surface area contributed by atoms with Crippen LogP contribution in [0, 0.1) is 13.8 Å². The van der Waals surface area contributed by atoms with Crippen LogP contribution in [0.25, 0.3) is 5.57 Å². The fourth-order valence-corrected chi connectivity index (χ4v) is 2.32. The van der Waals surface area contributed by atoms with Crippen LogP contribution in [0.3, 0.4) is 0 Å². The molecule has 18 heavy (non-hydrogen) atoms. The molecule has 0 aromatic heterocycles. The number of hydrogen-bond acceptors (Lipinski definition) is 0. The van der Waals surface area contributed by atoms with Crippen molar-refractivity contribution in [2.75, 3.05) is 0 Å². The van der Waals surface area contributed by atoms with Crippen LogP contribution < -0.4 is 0 Å². The van der Waals surface area contributed by atoms with Gasteiger partial charge in [0.05, 0.1) is 0 Å². The predicted molar refractivity (Wildman–Crippen MR) is 79.7 cm³/mol. The van der Waals surface area contributed by atoms with Crippen LogP contribution in [0.15, 0.2) is 54.6 Å². The lowest BCUT2D eigenvalue weighted by atomic mass is 9.91. The van der Waals surface area contributed by atoms with Gasteiger partial charge in [0.15, 0.2) is 0 Å². The average molecular weight is 236 g/mol. The average Bonchev–Trinajstić information content (AvgIpc) is 2.38. The molecule has 0 heteroatoms. The first kappa shape index (κ1) is 12.6. The van der Waals surface area contributed by atoms with Crippen molar-refractivity contribution in [2.45, 2.75) is 27.2 Å². The number of allylic oxidation sites excluding steroid dienone is 1. The third-order valence-corrected chi connectivity index (χ3v) is 3.28. The minimum Gasteiger partial charge on any atom is -0.0763 e. The Balaban J connectivity index is 2.59. The topological polar surface area (TPSA) is 0 Å². The molecule has 0 unspecified atom stereocenters. The van der Waals surface area contributed by atoms with Crippen molar-refractivity contribution in [3.05, 3.63) is 76.9 Å². The molecule has 0 bridgehead atoms. The minimum atomic E-state index is 1.05. The molecule has 0 amide bonds. The lowest BCUT2D eigenvalue weighted by Gasteiger charge is -2.13. The van der Waals surface area contributed by atoms with E-state index in [4.69, 9.17) is 0 Å². The van der Waals surface area contributed by atoms with Crippen molar-refractivity contribution < 1.29 is 0 Å². The molecule has 2 aromatic carbocycles. The van der Waals surface area contributed by atoms with Gasteiger partial charge in [-0.1, -0.05) is 61.5 Å². The molecule has 0 heterocycles. The van der Waals surface area contributed by atoms with Gasteiger partial charge in [-0.2, -0.15) is 0 Å². The Morgan fingerprint density at radius 2 is 1.28 bits per heavy atom. The Kier molecular flexibility index (Phi) is 3.99. The summed E-state index contributed by atoms with van der Waals surface area (Å²) >= 11 is 0. The number of benzene rings is 2. The highest BCUT2D eigenvalue weighted by molar-refractivity contribution is 5.82. The van der Waals surface area contributed by atoms with Crippen molar-refractivity contribution in [3.8, 4) is 0 Å². The first-order chi connectivity index (χ1) is 8.74. The van der Waals surface area contributed by atoms with Crippen molar-refractivity contribution in [3.63, 3.8) is 0 Å². The highest BCUT2D eigenvalue weighted by Gasteiger charge is 2.08. The highest BCUT2D eigenvalue weighted by atomic mass is 14.1. The smallest absolute Gasteiger partial charge is 0.0146 e. The summed E-state index contributed by atoms with van der Waals surface area (Å²) in [6.07, 6.45) is 3.38. The Bertz CT molecular complexity index is 514. The third-order valence-electron chi connectivity index (χ3n) is 3.28. The first-order valence-electron chi connectivity index (χ1n) is 6.56. The fourth-order valence-electron chi connectivity index (χ4n) is 2.32. The van der Waals surface area contributed by atoms with Gasteiger partial charge in [-0.25, -0.2) is 0 Å². The highest BCUT2D eigenvalue weighted by Crippen LogP contribution is 2.28. The van der Waals surface area contributed by atoms with Gasteiger partial charge in [-0.3, -0.25) is 0 Å². The number of aryl methyl sites for hydroxylation is 2. The van der Waals surface area contributed by atoms with Gasteiger partial charge in [-0.15, -0.1) is 0 Å². The molecule has 2 rings (SSSR count). The quantitative estimate of drug-likeness (QED) is 0.691. The standard InChI is InChI=1S/C18H20/c1-4-9-18(16-12-7-5-10-14(16)2)17-13-8-6-11-15(17)3/h5-13H,4H2,1-3H3. The second-order valence-electron chi connectivity index (χ2n) is 4.66. The van der Waals surface area contributed by atoms with Gasteiger partial charge in [0.2, 0.25) is 0 Å². The summed E-state index contributed by atoms with van der Waals surface area (Å²) in [5.41, 5.74) is 6.71. The zero-order valence-electron chi connectivity index (χ0n) is 11.4. The van der Waals surface area contributed by atoms with Gasteiger partial charge < -0.3 is 0 Å². The van der Waals surface area contributed by atoms with Crippen LogP contribution in [-0.4, -0.2) is 0 Å². The summed E-state index contributed by atoms with van der Waals surface area (Å²) in [5, 5.41) is 0. The molecule has 0 radical (unpaired) electrons. The Hall–Kier alpha value is -1.82. The lowest BCUT2D eigenvalue weighted by molar-refractivity contribution is 1.22. The minimum absolute atomic E-state index is 1.05. The fraction of sp³-hybridized carbons (Fsp3) is 0.222. The molecular weight excluding hydrogens is 216 g/mol. The molecule has 0 aliphatic rings. The van der Waals surface area contributed by atoms with Gasteiger partial charge in [0.25, 0.3) is 0 Å². The maximum Gasteiger partial charge on any atom is -0.0146 e. The Morgan fingerprint density at radius 3 is 1.67 bits per heavy atom. The lowest BCUT2D eigenvalue weighted by Crippen LogP contribution is -1.94. The summed E-state index contributed by atoms with van der Waals surface area (Å²) in [5.74, 6) is 0. The van der Waals surface area contributed by atoms with Crippen LogP contribution in [0.1, 0.15) is 35.6 Å². The molecule has 0 aliphatic heterocycles. The molecule has 0 fully saturated rings. The summed E-state index contributed by atoms with van der Waals surface area (Å²) in [6.45, 7) is 6.55. The molecule has 2 aromatic rings. The van der Waals surface area contributed by atoms with Crippen LogP contribution >= 0.6 is 0 Å².